The van der Waals surface area contributed by atoms with E-state index in [9.17, 15) is 0 Å². The summed E-state index contributed by atoms with van der Waals surface area (Å²) < 4.78 is 0. The summed E-state index contributed by atoms with van der Waals surface area (Å²) in [5, 5.41) is 3.38. The summed E-state index contributed by atoms with van der Waals surface area (Å²) in [6, 6.07) is 6.36. The Morgan fingerprint density at radius 3 is 2.61 bits per heavy atom. The van der Waals surface area contributed by atoms with Crippen LogP contribution in [0.4, 0.5) is 5.69 Å². The maximum atomic E-state index is 3.82. The van der Waals surface area contributed by atoms with Gasteiger partial charge in [-0.05, 0) is 50.6 Å². The Morgan fingerprint density at radius 2 is 2.00 bits per heavy atom. The molecule has 0 heterocycles. The zero-order valence-electron chi connectivity index (χ0n) is 11.4. The molecule has 0 aliphatic carbocycles. The fraction of sp³-hybridized carbons (Fsp3) is 0.176. The molecule has 1 rings (SSSR count). The third-order valence-corrected chi connectivity index (χ3v) is 2.52. The number of anilines is 1. The molecule has 94 valence electrons. The van der Waals surface area contributed by atoms with E-state index in [2.05, 4.69) is 43.1 Å². The van der Waals surface area contributed by atoms with Crippen molar-refractivity contribution in [2.75, 3.05) is 5.32 Å². The van der Waals surface area contributed by atoms with E-state index in [-0.39, 0.29) is 0 Å². The van der Waals surface area contributed by atoms with Crippen molar-refractivity contribution in [1.82, 2.24) is 0 Å². The molecule has 0 saturated carbocycles. The van der Waals surface area contributed by atoms with E-state index in [0.717, 1.165) is 11.4 Å². The van der Waals surface area contributed by atoms with Crippen molar-refractivity contribution in [3.8, 4) is 0 Å². The number of benzene rings is 1. The molecule has 1 N–H and O–H groups in total. The molecule has 0 unspecified atom stereocenters. The summed E-state index contributed by atoms with van der Waals surface area (Å²) >= 11 is 0. The number of allylic oxidation sites excluding steroid dienone is 5. The topological polar surface area (TPSA) is 12.0 Å². The van der Waals surface area contributed by atoms with Gasteiger partial charge in [-0.15, -0.1) is 0 Å². The quantitative estimate of drug-likeness (QED) is 0.706. The average Bonchev–Trinajstić information content (AvgIpc) is 2.37. The molecular weight excluding hydrogens is 218 g/mol. The van der Waals surface area contributed by atoms with Gasteiger partial charge in [0.25, 0.3) is 0 Å². The standard InChI is InChI=1S/C17H21N/c1-5-8-10-16(7-3)18-17-12-11-14(4)13-15(17)9-6-2/h5-13,18H,3H2,1-2,4H3/b8-5?,9-6-,16-10+. The lowest BCUT2D eigenvalue weighted by atomic mass is 10.1. The highest BCUT2D eigenvalue weighted by Gasteiger charge is 2.00. The zero-order valence-corrected chi connectivity index (χ0v) is 11.4. The van der Waals surface area contributed by atoms with Crippen LogP contribution >= 0.6 is 0 Å². The smallest absolute Gasteiger partial charge is 0.0457 e. The van der Waals surface area contributed by atoms with Gasteiger partial charge in [0.2, 0.25) is 0 Å². The first-order valence-electron chi connectivity index (χ1n) is 6.17. The zero-order chi connectivity index (χ0) is 13.4. The van der Waals surface area contributed by atoms with E-state index in [1.807, 2.05) is 44.2 Å². The Kier molecular flexibility index (Phi) is 5.72. The molecule has 1 aromatic rings. The first-order chi connectivity index (χ1) is 8.71. The highest BCUT2D eigenvalue weighted by Crippen LogP contribution is 2.21. The Balaban J connectivity index is 3.05. The number of nitrogens with one attached hydrogen (secondary N) is 1. The van der Waals surface area contributed by atoms with Crippen molar-refractivity contribution in [2.24, 2.45) is 0 Å². The number of hydrogen-bond acceptors (Lipinski definition) is 1. The van der Waals surface area contributed by atoms with Gasteiger partial charge in [-0.25, -0.2) is 0 Å². The molecule has 0 aliphatic heterocycles. The van der Waals surface area contributed by atoms with Crippen LogP contribution in [0.5, 0.6) is 0 Å². The van der Waals surface area contributed by atoms with Gasteiger partial charge in [-0.2, -0.15) is 0 Å². The first kappa shape index (κ1) is 14.0. The van der Waals surface area contributed by atoms with Crippen molar-refractivity contribution in [1.29, 1.82) is 0 Å². The highest BCUT2D eigenvalue weighted by molar-refractivity contribution is 5.69. The van der Waals surface area contributed by atoms with E-state index in [1.54, 1.807) is 0 Å². The Hall–Kier alpha value is -2.02. The second-order valence-corrected chi connectivity index (χ2v) is 4.07. The van der Waals surface area contributed by atoms with Gasteiger partial charge in [-0.1, -0.05) is 42.5 Å². The van der Waals surface area contributed by atoms with Crippen LogP contribution < -0.4 is 5.32 Å². The minimum atomic E-state index is 0.989. The summed E-state index contributed by atoms with van der Waals surface area (Å²) in [6.07, 6.45) is 12.0. The lowest BCUT2D eigenvalue weighted by Gasteiger charge is -2.11. The number of hydrogen-bond donors (Lipinski definition) is 1. The summed E-state index contributed by atoms with van der Waals surface area (Å²) in [5.74, 6) is 0. The maximum absolute atomic E-state index is 3.82. The summed E-state index contributed by atoms with van der Waals surface area (Å²) in [6.45, 7) is 9.94. The second-order valence-electron chi connectivity index (χ2n) is 4.07. The minimum absolute atomic E-state index is 0.989. The summed E-state index contributed by atoms with van der Waals surface area (Å²) in [5.41, 5.74) is 4.52. The maximum Gasteiger partial charge on any atom is 0.0457 e. The second kappa shape index (κ2) is 7.33. The van der Waals surface area contributed by atoms with Crippen molar-refractivity contribution >= 4 is 11.8 Å². The molecule has 0 fully saturated rings. The summed E-state index contributed by atoms with van der Waals surface area (Å²) in [7, 11) is 0. The molecule has 0 radical (unpaired) electrons. The van der Waals surface area contributed by atoms with Crippen LogP contribution in [0.25, 0.3) is 6.08 Å². The van der Waals surface area contributed by atoms with Gasteiger partial charge >= 0.3 is 0 Å². The first-order valence-corrected chi connectivity index (χ1v) is 6.17. The predicted molar refractivity (Wildman–Crippen MR) is 82.6 cm³/mol. The summed E-state index contributed by atoms with van der Waals surface area (Å²) in [4.78, 5) is 0. The average molecular weight is 239 g/mol. The molecule has 0 spiro atoms. The molecule has 18 heavy (non-hydrogen) atoms. The van der Waals surface area contributed by atoms with Crippen molar-refractivity contribution in [2.45, 2.75) is 20.8 Å². The van der Waals surface area contributed by atoms with Crippen LogP contribution in [0.15, 0.2) is 60.9 Å². The molecule has 0 atom stereocenters. The Morgan fingerprint density at radius 1 is 1.22 bits per heavy atom. The van der Waals surface area contributed by atoms with Crippen LogP contribution in [0.1, 0.15) is 25.0 Å². The number of rotatable bonds is 5. The predicted octanol–water partition coefficient (Wildman–Crippen LogP) is 5.09. The van der Waals surface area contributed by atoms with Crippen molar-refractivity contribution in [3.63, 3.8) is 0 Å². The van der Waals surface area contributed by atoms with Crippen LogP contribution in [0.2, 0.25) is 0 Å². The minimum Gasteiger partial charge on any atom is -0.355 e. The van der Waals surface area contributed by atoms with Gasteiger partial charge in [0.05, 0.1) is 0 Å². The normalized spacial score (nSPS) is 12.3. The van der Waals surface area contributed by atoms with Gasteiger partial charge in [-0.3, -0.25) is 0 Å². The fourth-order valence-electron chi connectivity index (χ4n) is 1.63. The third-order valence-electron chi connectivity index (χ3n) is 2.52. The SMILES string of the molecule is C=C/C(=C\C=CC)Nc1ccc(C)cc1/C=C\C. The molecule has 1 aromatic carbocycles. The van der Waals surface area contributed by atoms with Crippen LogP contribution in [-0.4, -0.2) is 0 Å². The van der Waals surface area contributed by atoms with Crippen LogP contribution in [0.3, 0.4) is 0 Å². The van der Waals surface area contributed by atoms with Crippen LogP contribution in [-0.2, 0) is 0 Å². The van der Waals surface area contributed by atoms with Crippen molar-refractivity contribution in [3.05, 3.63) is 72.0 Å². The van der Waals surface area contributed by atoms with E-state index >= 15 is 0 Å². The lowest BCUT2D eigenvalue weighted by molar-refractivity contribution is 1.41. The fourth-order valence-corrected chi connectivity index (χ4v) is 1.63. The molecule has 0 aromatic heterocycles. The Bertz CT molecular complexity index is 490. The van der Waals surface area contributed by atoms with Crippen molar-refractivity contribution < 1.29 is 0 Å². The van der Waals surface area contributed by atoms with Gasteiger partial charge in [0.15, 0.2) is 0 Å². The van der Waals surface area contributed by atoms with Gasteiger partial charge in [0.1, 0.15) is 0 Å². The largest absolute Gasteiger partial charge is 0.355 e. The van der Waals surface area contributed by atoms with E-state index < -0.39 is 0 Å². The third kappa shape index (κ3) is 4.10. The van der Waals surface area contributed by atoms with E-state index in [4.69, 9.17) is 0 Å². The Labute approximate surface area is 110 Å². The molecule has 0 bridgehead atoms. The highest BCUT2D eigenvalue weighted by atomic mass is 14.9. The molecule has 0 amide bonds. The molecular formula is C17H21N. The molecule has 0 saturated heterocycles. The van der Waals surface area contributed by atoms with E-state index in [0.29, 0.717) is 0 Å². The molecule has 1 nitrogen and oxygen atoms in total. The van der Waals surface area contributed by atoms with Gasteiger partial charge < -0.3 is 5.32 Å². The van der Waals surface area contributed by atoms with E-state index in [1.165, 1.54) is 11.1 Å². The molecule has 1 heteroatoms. The lowest BCUT2D eigenvalue weighted by Crippen LogP contribution is -1.98. The monoisotopic (exact) mass is 239 g/mol. The van der Waals surface area contributed by atoms with Crippen LogP contribution in [0, 0.1) is 6.92 Å². The number of aryl methyl sites for hydroxylation is 1. The molecule has 0 aliphatic rings. The van der Waals surface area contributed by atoms with Gasteiger partial charge in [0, 0.05) is 11.4 Å².